The standard InChI is InChI=1S/C25H44/c1-15(2)20-8-9-21-23-17(4)13-19-12-16(3)10-11-24(19,6)22(23)14-18(5)25(20,21)7/h15-23H,8-14H2,1-7H3. The highest BCUT2D eigenvalue weighted by molar-refractivity contribution is 5.12. The summed E-state index contributed by atoms with van der Waals surface area (Å²) in [6.45, 7) is 18.3. The first-order valence-electron chi connectivity index (χ1n) is 11.7. The zero-order chi connectivity index (χ0) is 18.1. The minimum atomic E-state index is 0.620. The van der Waals surface area contributed by atoms with Crippen LogP contribution in [0, 0.1) is 64.1 Å². The summed E-state index contributed by atoms with van der Waals surface area (Å²) in [4.78, 5) is 0. The Labute approximate surface area is 157 Å². The van der Waals surface area contributed by atoms with Crippen LogP contribution in [0.4, 0.5) is 0 Å². The molecule has 4 aliphatic carbocycles. The van der Waals surface area contributed by atoms with Crippen molar-refractivity contribution < 1.29 is 0 Å². The molecule has 0 aromatic rings. The number of fused-ring (bicyclic) bond motifs is 5. The Kier molecular flexibility index (Phi) is 4.41. The molecule has 0 radical (unpaired) electrons. The van der Waals surface area contributed by atoms with Crippen molar-refractivity contribution in [3.8, 4) is 0 Å². The van der Waals surface area contributed by atoms with Crippen molar-refractivity contribution in [2.75, 3.05) is 0 Å². The SMILES string of the molecule is CC1CCC2(C)C(C1)CC(C)C1C2CC(C)C2(C)C(C(C)C)CCC12. The lowest BCUT2D eigenvalue weighted by Gasteiger charge is -2.65. The van der Waals surface area contributed by atoms with Gasteiger partial charge in [0.2, 0.25) is 0 Å². The fourth-order valence-corrected chi connectivity index (χ4v) is 9.31. The van der Waals surface area contributed by atoms with Gasteiger partial charge in [0.1, 0.15) is 0 Å². The molecule has 10 unspecified atom stereocenters. The highest BCUT2D eigenvalue weighted by Crippen LogP contribution is 2.70. The fraction of sp³-hybridized carbons (Fsp3) is 1.00. The molecule has 4 aliphatic rings. The van der Waals surface area contributed by atoms with Gasteiger partial charge in [0.15, 0.2) is 0 Å². The van der Waals surface area contributed by atoms with Gasteiger partial charge in [-0.2, -0.15) is 0 Å². The lowest BCUT2D eigenvalue weighted by Crippen LogP contribution is -2.58. The average Bonchev–Trinajstić information content (AvgIpc) is 2.89. The van der Waals surface area contributed by atoms with E-state index in [1.54, 1.807) is 0 Å². The van der Waals surface area contributed by atoms with Gasteiger partial charge in [-0.15, -0.1) is 0 Å². The number of hydrogen-bond acceptors (Lipinski definition) is 0. The summed E-state index contributed by atoms with van der Waals surface area (Å²) in [7, 11) is 0. The van der Waals surface area contributed by atoms with Crippen molar-refractivity contribution >= 4 is 0 Å². The molecule has 4 fully saturated rings. The van der Waals surface area contributed by atoms with E-state index in [-0.39, 0.29) is 0 Å². The van der Waals surface area contributed by atoms with Gasteiger partial charge in [0.05, 0.1) is 0 Å². The molecular weight excluding hydrogens is 300 g/mol. The first-order chi connectivity index (χ1) is 11.7. The van der Waals surface area contributed by atoms with Crippen molar-refractivity contribution in [2.24, 2.45) is 64.1 Å². The van der Waals surface area contributed by atoms with Crippen LogP contribution in [0.5, 0.6) is 0 Å². The molecule has 0 saturated heterocycles. The average molecular weight is 345 g/mol. The van der Waals surface area contributed by atoms with Crippen LogP contribution >= 0.6 is 0 Å². The Balaban J connectivity index is 1.70. The second-order valence-corrected chi connectivity index (χ2v) is 12.0. The highest BCUT2D eigenvalue weighted by Gasteiger charge is 2.63. The van der Waals surface area contributed by atoms with Gasteiger partial charge in [-0.3, -0.25) is 0 Å². The van der Waals surface area contributed by atoms with Crippen LogP contribution in [-0.4, -0.2) is 0 Å². The predicted octanol–water partition coefficient (Wildman–Crippen LogP) is 7.43. The van der Waals surface area contributed by atoms with E-state index in [0.29, 0.717) is 10.8 Å². The van der Waals surface area contributed by atoms with Crippen molar-refractivity contribution in [3.63, 3.8) is 0 Å². The van der Waals surface area contributed by atoms with E-state index >= 15 is 0 Å². The third-order valence-corrected chi connectivity index (χ3v) is 10.7. The van der Waals surface area contributed by atoms with E-state index < -0.39 is 0 Å². The Hall–Kier alpha value is 0. The van der Waals surface area contributed by atoms with Crippen LogP contribution in [-0.2, 0) is 0 Å². The van der Waals surface area contributed by atoms with Gasteiger partial charge in [0, 0.05) is 0 Å². The predicted molar refractivity (Wildman–Crippen MR) is 108 cm³/mol. The molecule has 4 rings (SSSR count). The molecule has 0 bridgehead atoms. The molecule has 0 nitrogen and oxygen atoms in total. The Morgan fingerprint density at radius 3 is 2.24 bits per heavy atom. The third-order valence-electron chi connectivity index (χ3n) is 10.7. The minimum Gasteiger partial charge on any atom is -0.0625 e. The van der Waals surface area contributed by atoms with Gasteiger partial charge >= 0.3 is 0 Å². The van der Waals surface area contributed by atoms with Crippen molar-refractivity contribution in [3.05, 3.63) is 0 Å². The molecular formula is C25H44. The quantitative estimate of drug-likeness (QED) is 0.464. The molecule has 0 heteroatoms. The maximum Gasteiger partial charge on any atom is -0.0238 e. The Bertz CT molecular complexity index is 506. The van der Waals surface area contributed by atoms with Crippen molar-refractivity contribution in [1.29, 1.82) is 0 Å². The number of rotatable bonds is 1. The molecule has 144 valence electrons. The smallest absolute Gasteiger partial charge is 0.0238 e. The molecule has 25 heavy (non-hydrogen) atoms. The molecule has 0 N–H and O–H groups in total. The first kappa shape index (κ1) is 18.4. The van der Waals surface area contributed by atoms with E-state index in [1.807, 2.05) is 0 Å². The van der Waals surface area contributed by atoms with Crippen LogP contribution in [0.15, 0.2) is 0 Å². The van der Waals surface area contributed by atoms with E-state index in [2.05, 4.69) is 48.5 Å². The summed E-state index contributed by atoms with van der Waals surface area (Å²) in [5, 5.41) is 0. The molecule has 0 heterocycles. The van der Waals surface area contributed by atoms with E-state index in [9.17, 15) is 0 Å². The molecule has 10 atom stereocenters. The second kappa shape index (κ2) is 6.00. The summed E-state index contributed by atoms with van der Waals surface area (Å²) in [5.74, 6) is 8.79. The summed E-state index contributed by atoms with van der Waals surface area (Å²) < 4.78 is 0. The van der Waals surface area contributed by atoms with Gasteiger partial charge in [-0.05, 0) is 103 Å². The summed E-state index contributed by atoms with van der Waals surface area (Å²) in [6, 6.07) is 0. The van der Waals surface area contributed by atoms with E-state index in [4.69, 9.17) is 0 Å². The van der Waals surface area contributed by atoms with E-state index in [1.165, 1.54) is 44.9 Å². The first-order valence-corrected chi connectivity index (χ1v) is 11.7. The molecule has 4 saturated carbocycles. The molecule has 0 aliphatic heterocycles. The number of hydrogen-bond donors (Lipinski definition) is 0. The topological polar surface area (TPSA) is 0 Å². The zero-order valence-corrected chi connectivity index (χ0v) is 18.1. The minimum absolute atomic E-state index is 0.620. The van der Waals surface area contributed by atoms with Crippen LogP contribution in [0.25, 0.3) is 0 Å². The highest BCUT2D eigenvalue weighted by atomic mass is 14.7. The zero-order valence-electron chi connectivity index (χ0n) is 18.1. The molecule has 0 spiro atoms. The summed E-state index contributed by atoms with van der Waals surface area (Å²) in [6.07, 6.45) is 10.7. The Morgan fingerprint density at radius 2 is 1.56 bits per heavy atom. The van der Waals surface area contributed by atoms with Gasteiger partial charge in [-0.25, -0.2) is 0 Å². The van der Waals surface area contributed by atoms with Gasteiger partial charge < -0.3 is 0 Å². The van der Waals surface area contributed by atoms with Crippen LogP contribution < -0.4 is 0 Å². The third kappa shape index (κ3) is 2.44. The lowest BCUT2D eigenvalue weighted by molar-refractivity contribution is -0.162. The largest absolute Gasteiger partial charge is 0.0625 e. The van der Waals surface area contributed by atoms with Gasteiger partial charge in [0.25, 0.3) is 0 Å². The van der Waals surface area contributed by atoms with Crippen molar-refractivity contribution in [1.82, 2.24) is 0 Å². The molecule has 0 aromatic carbocycles. The Morgan fingerprint density at radius 1 is 0.840 bits per heavy atom. The molecule has 0 aromatic heterocycles. The van der Waals surface area contributed by atoms with Gasteiger partial charge in [-0.1, -0.05) is 54.9 Å². The van der Waals surface area contributed by atoms with Crippen LogP contribution in [0.2, 0.25) is 0 Å². The maximum atomic E-state index is 2.73. The van der Waals surface area contributed by atoms with Crippen LogP contribution in [0.1, 0.15) is 93.4 Å². The fourth-order valence-electron chi connectivity index (χ4n) is 9.31. The monoisotopic (exact) mass is 344 g/mol. The molecule has 0 amide bonds. The lowest BCUT2D eigenvalue weighted by atomic mass is 9.40. The second-order valence-electron chi connectivity index (χ2n) is 12.0. The van der Waals surface area contributed by atoms with E-state index in [0.717, 1.165) is 53.3 Å². The summed E-state index contributed by atoms with van der Waals surface area (Å²) >= 11 is 0. The normalized spacial score (nSPS) is 58.6. The maximum absolute atomic E-state index is 2.73. The summed E-state index contributed by atoms with van der Waals surface area (Å²) in [5.41, 5.74) is 1.28. The van der Waals surface area contributed by atoms with Crippen molar-refractivity contribution in [2.45, 2.75) is 93.4 Å². The van der Waals surface area contributed by atoms with Crippen LogP contribution in [0.3, 0.4) is 0 Å².